The molecule has 1 aromatic heterocycles. The van der Waals surface area contributed by atoms with Crippen LogP contribution in [-0.4, -0.2) is 23.4 Å². The van der Waals surface area contributed by atoms with Crippen LogP contribution in [0.4, 0.5) is 0 Å². The monoisotopic (exact) mass is 240 g/mol. The number of nitrogens with zero attached hydrogens (tertiary/aromatic N) is 1. The van der Waals surface area contributed by atoms with Gasteiger partial charge in [-0.15, -0.1) is 0 Å². The van der Waals surface area contributed by atoms with Crippen LogP contribution in [0.1, 0.15) is 32.3 Å². The number of hydrogen-bond donors (Lipinski definition) is 1. The molecular formula is C12H20N2OS. The number of carbonyl (C=O) groups excluding carboxylic acids is 1. The van der Waals surface area contributed by atoms with Crippen LogP contribution in [0.15, 0.2) is 16.8 Å². The molecule has 0 spiro atoms. The van der Waals surface area contributed by atoms with Crippen LogP contribution >= 0.6 is 11.3 Å². The van der Waals surface area contributed by atoms with E-state index in [9.17, 15) is 4.79 Å². The zero-order valence-electron chi connectivity index (χ0n) is 9.98. The first-order chi connectivity index (χ1) is 7.65. The predicted octanol–water partition coefficient (Wildman–Crippen LogP) is 2.22. The maximum Gasteiger partial charge on any atom is 0.239 e. The second kappa shape index (κ2) is 6.66. The van der Waals surface area contributed by atoms with Crippen molar-refractivity contribution in [2.24, 2.45) is 5.73 Å². The lowest BCUT2D eigenvalue weighted by molar-refractivity contribution is -0.132. The summed E-state index contributed by atoms with van der Waals surface area (Å²) in [6.07, 6.45) is 2.12. The Morgan fingerprint density at radius 2 is 2.38 bits per heavy atom. The third-order valence-corrected chi connectivity index (χ3v) is 3.17. The van der Waals surface area contributed by atoms with Crippen LogP contribution in [0.25, 0.3) is 0 Å². The van der Waals surface area contributed by atoms with Crippen molar-refractivity contribution in [3.63, 3.8) is 0 Å². The standard InChI is InChI=1S/C12H20N2OS/c1-3-4-6-14(12(15)10(2)13)8-11-5-7-16-9-11/h5,7,9-10H,3-4,6,8,13H2,1-2H3/t10-/m0/s1. The Bertz CT molecular complexity index is 309. The topological polar surface area (TPSA) is 46.3 Å². The van der Waals surface area contributed by atoms with Gasteiger partial charge in [-0.25, -0.2) is 0 Å². The highest BCUT2D eigenvalue weighted by Gasteiger charge is 2.17. The van der Waals surface area contributed by atoms with Gasteiger partial charge < -0.3 is 10.6 Å². The molecule has 1 atom stereocenters. The van der Waals surface area contributed by atoms with Gasteiger partial charge >= 0.3 is 0 Å². The van der Waals surface area contributed by atoms with Gasteiger partial charge in [-0.3, -0.25) is 4.79 Å². The lowest BCUT2D eigenvalue weighted by atomic mass is 10.2. The van der Waals surface area contributed by atoms with Crippen LogP contribution in [0.2, 0.25) is 0 Å². The number of thiophene rings is 1. The van der Waals surface area contributed by atoms with Crippen molar-refractivity contribution < 1.29 is 4.79 Å². The fourth-order valence-corrected chi connectivity index (χ4v) is 2.17. The van der Waals surface area contributed by atoms with E-state index < -0.39 is 6.04 Å². The summed E-state index contributed by atoms with van der Waals surface area (Å²) in [6, 6.07) is 1.65. The van der Waals surface area contributed by atoms with Crippen molar-refractivity contribution in [2.75, 3.05) is 6.54 Å². The molecule has 16 heavy (non-hydrogen) atoms. The average Bonchev–Trinajstić information content (AvgIpc) is 2.75. The Labute approximate surface area is 101 Å². The van der Waals surface area contributed by atoms with Crippen molar-refractivity contribution in [1.82, 2.24) is 4.90 Å². The van der Waals surface area contributed by atoms with E-state index >= 15 is 0 Å². The third-order valence-electron chi connectivity index (χ3n) is 2.44. The molecule has 2 N–H and O–H groups in total. The molecule has 4 heteroatoms. The van der Waals surface area contributed by atoms with Gasteiger partial charge in [-0.05, 0) is 35.7 Å². The van der Waals surface area contributed by atoms with E-state index in [-0.39, 0.29) is 5.91 Å². The summed E-state index contributed by atoms with van der Waals surface area (Å²) in [5.41, 5.74) is 6.84. The molecule has 0 aliphatic rings. The summed E-state index contributed by atoms with van der Waals surface area (Å²) in [5, 5.41) is 4.11. The second-order valence-electron chi connectivity index (χ2n) is 4.03. The predicted molar refractivity (Wildman–Crippen MR) is 68.3 cm³/mol. The van der Waals surface area contributed by atoms with Gasteiger partial charge in [-0.1, -0.05) is 13.3 Å². The Morgan fingerprint density at radius 3 is 2.88 bits per heavy atom. The Balaban J connectivity index is 2.60. The van der Waals surface area contributed by atoms with E-state index in [1.54, 1.807) is 18.3 Å². The van der Waals surface area contributed by atoms with Crippen molar-refractivity contribution in [2.45, 2.75) is 39.3 Å². The number of unbranched alkanes of at least 4 members (excludes halogenated alkanes) is 1. The fraction of sp³-hybridized carbons (Fsp3) is 0.583. The molecule has 0 aliphatic carbocycles. The van der Waals surface area contributed by atoms with E-state index in [2.05, 4.69) is 18.4 Å². The van der Waals surface area contributed by atoms with E-state index in [1.807, 2.05) is 10.3 Å². The first-order valence-corrected chi connectivity index (χ1v) is 6.65. The van der Waals surface area contributed by atoms with E-state index in [0.29, 0.717) is 6.54 Å². The highest BCUT2D eigenvalue weighted by atomic mass is 32.1. The molecule has 0 aromatic carbocycles. The lowest BCUT2D eigenvalue weighted by Crippen LogP contribution is -2.42. The number of hydrogen-bond acceptors (Lipinski definition) is 3. The zero-order valence-corrected chi connectivity index (χ0v) is 10.8. The van der Waals surface area contributed by atoms with E-state index in [4.69, 9.17) is 5.73 Å². The number of rotatable bonds is 6. The molecule has 0 aliphatic heterocycles. The largest absolute Gasteiger partial charge is 0.337 e. The summed E-state index contributed by atoms with van der Waals surface area (Å²) >= 11 is 1.66. The minimum absolute atomic E-state index is 0.0413. The molecular weight excluding hydrogens is 220 g/mol. The lowest BCUT2D eigenvalue weighted by Gasteiger charge is -2.24. The molecule has 0 bridgehead atoms. The van der Waals surface area contributed by atoms with E-state index in [1.165, 1.54) is 5.56 Å². The van der Waals surface area contributed by atoms with Gasteiger partial charge in [0.15, 0.2) is 0 Å². The summed E-state index contributed by atoms with van der Waals surface area (Å²) in [5.74, 6) is 0.0413. The highest BCUT2D eigenvalue weighted by Crippen LogP contribution is 2.11. The Kier molecular flexibility index (Phi) is 5.49. The van der Waals surface area contributed by atoms with Gasteiger partial charge in [0.1, 0.15) is 0 Å². The quantitative estimate of drug-likeness (QED) is 0.828. The smallest absolute Gasteiger partial charge is 0.239 e. The number of carbonyl (C=O) groups is 1. The van der Waals surface area contributed by atoms with Crippen LogP contribution in [0.3, 0.4) is 0 Å². The fourth-order valence-electron chi connectivity index (χ4n) is 1.51. The zero-order chi connectivity index (χ0) is 12.0. The molecule has 1 amide bonds. The average molecular weight is 240 g/mol. The summed E-state index contributed by atoms with van der Waals surface area (Å²) in [4.78, 5) is 13.7. The van der Waals surface area contributed by atoms with Crippen molar-refractivity contribution >= 4 is 17.2 Å². The second-order valence-corrected chi connectivity index (χ2v) is 4.81. The van der Waals surface area contributed by atoms with Crippen LogP contribution < -0.4 is 5.73 Å². The van der Waals surface area contributed by atoms with Crippen LogP contribution in [-0.2, 0) is 11.3 Å². The first kappa shape index (κ1) is 13.2. The van der Waals surface area contributed by atoms with Crippen molar-refractivity contribution in [3.8, 4) is 0 Å². The van der Waals surface area contributed by atoms with Gasteiger partial charge in [0.25, 0.3) is 0 Å². The molecule has 0 radical (unpaired) electrons. The summed E-state index contributed by atoms with van der Waals surface area (Å²) < 4.78 is 0. The van der Waals surface area contributed by atoms with Gasteiger partial charge in [0.2, 0.25) is 5.91 Å². The molecule has 1 heterocycles. The molecule has 0 saturated carbocycles. The molecule has 0 unspecified atom stereocenters. The minimum Gasteiger partial charge on any atom is -0.337 e. The Hall–Kier alpha value is -0.870. The summed E-state index contributed by atoms with van der Waals surface area (Å²) in [6.45, 7) is 5.35. The molecule has 0 fully saturated rings. The number of amides is 1. The first-order valence-electron chi connectivity index (χ1n) is 5.70. The molecule has 90 valence electrons. The molecule has 3 nitrogen and oxygen atoms in total. The van der Waals surface area contributed by atoms with Crippen molar-refractivity contribution in [3.05, 3.63) is 22.4 Å². The van der Waals surface area contributed by atoms with Crippen molar-refractivity contribution in [1.29, 1.82) is 0 Å². The highest BCUT2D eigenvalue weighted by molar-refractivity contribution is 7.07. The number of nitrogens with two attached hydrogens (primary N) is 1. The molecule has 0 saturated heterocycles. The summed E-state index contributed by atoms with van der Waals surface area (Å²) in [7, 11) is 0. The maximum atomic E-state index is 11.9. The van der Waals surface area contributed by atoms with Gasteiger partial charge in [0.05, 0.1) is 6.04 Å². The van der Waals surface area contributed by atoms with Crippen LogP contribution in [0, 0.1) is 0 Å². The SMILES string of the molecule is CCCCN(Cc1ccsc1)C(=O)[C@H](C)N. The third kappa shape index (κ3) is 3.94. The van der Waals surface area contributed by atoms with Crippen LogP contribution in [0.5, 0.6) is 0 Å². The molecule has 1 rings (SSSR count). The Morgan fingerprint density at radius 1 is 1.62 bits per heavy atom. The van der Waals surface area contributed by atoms with Gasteiger partial charge in [-0.2, -0.15) is 11.3 Å². The molecule has 1 aromatic rings. The normalized spacial score (nSPS) is 12.4. The minimum atomic E-state index is -0.407. The van der Waals surface area contributed by atoms with Gasteiger partial charge in [0, 0.05) is 13.1 Å². The van der Waals surface area contributed by atoms with E-state index in [0.717, 1.165) is 19.4 Å². The maximum absolute atomic E-state index is 11.9.